The molecule has 0 heterocycles. The molecule has 21 heavy (non-hydrogen) atoms. The molecule has 3 heteroatoms. The average Bonchev–Trinajstić information content (AvgIpc) is 2.52. The van der Waals surface area contributed by atoms with Gasteiger partial charge in [-0.3, -0.25) is 0 Å². The molecule has 0 aromatic heterocycles. The highest BCUT2D eigenvalue weighted by molar-refractivity contribution is 9.10. The van der Waals surface area contributed by atoms with Gasteiger partial charge < -0.3 is 9.84 Å². The smallest absolute Gasteiger partial charge is 0.142 e. The zero-order valence-corrected chi connectivity index (χ0v) is 12.7. The number of hydrogen-bond donors (Lipinski definition) is 1. The van der Waals surface area contributed by atoms with Crippen molar-refractivity contribution < 1.29 is 9.84 Å². The highest BCUT2D eigenvalue weighted by Gasteiger charge is 2.14. The number of phenols is 1. The molecule has 0 atom stereocenters. The van der Waals surface area contributed by atoms with E-state index in [1.54, 1.807) is 12.1 Å². The Hall–Kier alpha value is -2.26. The van der Waals surface area contributed by atoms with Crippen LogP contribution in [0.3, 0.4) is 0 Å². The third-order valence-electron chi connectivity index (χ3n) is 3.12. The van der Waals surface area contributed by atoms with Gasteiger partial charge in [0.05, 0.1) is 4.47 Å². The third-order valence-corrected chi connectivity index (χ3v) is 3.91. The van der Waals surface area contributed by atoms with E-state index in [0.29, 0.717) is 5.75 Å². The first-order chi connectivity index (χ1) is 10.3. The molecular formula is C18H13BrO2. The quantitative estimate of drug-likeness (QED) is 0.670. The number of rotatable bonds is 3. The average molecular weight is 341 g/mol. The van der Waals surface area contributed by atoms with Crippen molar-refractivity contribution in [2.24, 2.45) is 0 Å². The summed E-state index contributed by atoms with van der Waals surface area (Å²) in [6, 6.07) is 22.7. The topological polar surface area (TPSA) is 29.5 Å². The summed E-state index contributed by atoms with van der Waals surface area (Å²) in [5.74, 6) is 1.63. The van der Waals surface area contributed by atoms with Gasteiger partial charge in [0.25, 0.3) is 0 Å². The maximum atomic E-state index is 10.1. The summed E-state index contributed by atoms with van der Waals surface area (Å²) in [4.78, 5) is 0. The minimum Gasteiger partial charge on any atom is -0.507 e. The van der Waals surface area contributed by atoms with Crippen molar-refractivity contribution in [3.05, 3.63) is 77.3 Å². The summed E-state index contributed by atoms with van der Waals surface area (Å²) >= 11 is 3.54. The largest absolute Gasteiger partial charge is 0.507 e. The molecule has 2 nitrogen and oxygen atoms in total. The maximum absolute atomic E-state index is 10.1. The fourth-order valence-electron chi connectivity index (χ4n) is 2.12. The van der Waals surface area contributed by atoms with Gasteiger partial charge in [0.1, 0.15) is 17.2 Å². The Kier molecular flexibility index (Phi) is 3.93. The fraction of sp³-hybridized carbons (Fsp3) is 0. The lowest BCUT2D eigenvalue weighted by Gasteiger charge is -2.13. The van der Waals surface area contributed by atoms with Crippen LogP contribution in [-0.4, -0.2) is 5.11 Å². The van der Waals surface area contributed by atoms with Crippen LogP contribution in [-0.2, 0) is 0 Å². The van der Waals surface area contributed by atoms with Crippen LogP contribution in [0.15, 0.2) is 77.3 Å². The Bertz CT molecular complexity index is 740. The zero-order chi connectivity index (χ0) is 14.7. The lowest BCUT2D eigenvalue weighted by atomic mass is 10.0. The van der Waals surface area contributed by atoms with E-state index in [0.717, 1.165) is 21.3 Å². The molecule has 3 rings (SSSR count). The Morgan fingerprint density at radius 2 is 1.38 bits per heavy atom. The van der Waals surface area contributed by atoms with Crippen molar-refractivity contribution in [2.75, 3.05) is 0 Å². The number of benzene rings is 3. The Morgan fingerprint density at radius 1 is 0.762 bits per heavy atom. The van der Waals surface area contributed by atoms with Gasteiger partial charge in [0.15, 0.2) is 0 Å². The summed E-state index contributed by atoms with van der Waals surface area (Å²) < 4.78 is 6.60. The molecule has 104 valence electrons. The van der Waals surface area contributed by atoms with E-state index in [2.05, 4.69) is 15.9 Å². The molecule has 0 unspecified atom stereocenters. The molecule has 0 spiro atoms. The molecule has 0 saturated heterocycles. The van der Waals surface area contributed by atoms with Crippen LogP contribution in [0.1, 0.15) is 0 Å². The molecule has 0 aliphatic rings. The summed E-state index contributed by atoms with van der Waals surface area (Å²) in [5, 5.41) is 10.1. The first kappa shape index (κ1) is 13.7. The van der Waals surface area contributed by atoms with Crippen molar-refractivity contribution in [3.63, 3.8) is 0 Å². The summed E-state index contributed by atoms with van der Waals surface area (Å²) in [6.07, 6.45) is 0. The predicted octanol–water partition coefficient (Wildman–Crippen LogP) is 5.61. The Labute approximate surface area is 131 Å². The number of phenolic OH excluding ortho intramolecular Hbond substituents is 1. The molecular weight excluding hydrogens is 328 g/mol. The van der Waals surface area contributed by atoms with E-state index in [4.69, 9.17) is 4.74 Å². The molecule has 0 aliphatic carbocycles. The second kappa shape index (κ2) is 6.02. The minimum atomic E-state index is 0.216. The lowest BCUT2D eigenvalue weighted by Crippen LogP contribution is -1.88. The number of hydrogen-bond acceptors (Lipinski definition) is 2. The van der Waals surface area contributed by atoms with Crippen molar-refractivity contribution >= 4 is 15.9 Å². The highest BCUT2D eigenvalue weighted by Crippen LogP contribution is 2.42. The molecule has 0 aliphatic heterocycles. The van der Waals surface area contributed by atoms with Gasteiger partial charge in [-0.2, -0.15) is 0 Å². The van der Waals surface area contributed by atoms with Crippen LogP contribution < -0.4 is 4.74 Å². The van der Waals surface area contributed by atoms with E-state index < -0.39 is 0 Å². The van der Waals surface area contributed by atoms with Gasteiger partial charge in [0.2, 0.25) is 0 Å². The molecule has 3 aromatic rings. The van der Waals surface area contributed by atoms with Gasteiger partial charge in [-0.1, -0.05) is 48.5 Å². The third kappa shape index (κ3) is 2.93. The fourth-order valence-corrected chi connectivity index (χ4v) is 2.77. The molecule has 0 radical (unpaired) electrons. The summed E-state index contributed by atoms with van der Waals surface area (Å²) in [7, 11) is 0. The maximum Gasteiger partial charge on any atom is 0.142 e. The second-order valence-corrected chi connectivity index (χ2v) is 5.35. The standard InChI is InChI=1S/C18H13BrO2/c19-18-16(21-14-9-5-2-6-10-14)12-11-15(20)17(18)13-7-3-1-4-8-13/h1-12,20H. The van der Waals surface area contributed by atoms with E-state index in [-0.39, 0.29) is 5.75 Å². The molecule has 0 amide bonds. The zero-order valence-electron chi connectivity index (χ0n) is 11.2. The van der Waals surface area contributed by atoms with Crippen molar-refractivity contribution in [3.8, 4) is 28.4 Å². The van der Waals surface area contributed by atoms with E-state index in [1.807, 2.05) is 60.7 Å². The Balaban J connectivity index is 2.05. The number of ether oxygens (including phenoxy) is 1. The lowest BCUT2D eigenvalue weighted by molar-refractivity contribution is 0.464. The van der Waals surface area contributed by atoms with E-state index in [9.17, 15) is 5.11 Å². The van der Waals surface area contributed by atoms with Crippen LogP contribution in [0.4, 0.5) is 0 Å². The van der Waals surface area contributed by atoms with Crippen LogP contribution >= 0.6 is 15.9 Å². The molecule has 0 saturated carbocycles. The van der Waals surface area contributed by atoms with Gasteiger partial charge >= 0.3 is 0 Å². The predicted molar refractivity (Wildman–Crippen MR) is 87.8 cm³/mol. The molecule has 0 bridgehead atoms. The van der Waals surface area contributed by atoms with E-state index >= 15 is 0 Å². The second-order valence-electron chi connectivity index (χ2n) is 4.55. The van der Waals surface area contributed by atoms with Crippen LogP contribution in [0.2, 0.25) is 0 Å². The first-order valence-corrected chi connectivity index (χ1v) is 7.35. The van der Waals surface area contributed by atoms with Crippen molar-refractivity contribution in [2.45, 2.75) is 0 Å². The number of para-hydroxylation sites is 1. The van der Waals surface area contributed by atoms with Crippen LogP contribution in [0.25, 0.3) is 11.1 Å². The first-order valence-electron chi connectivity index (χ1n) is 6.55. The SMILES string of the molecule is Oc1ccc(Oc2ccccc2)c(Br)c1-c1ccccc1. The molecule has 3 aromatic carbocycles. The molecule has 0 fully saturated rings. The highest BCUT2D eigenvalue weighted by atomic mass is 79.9. The normalized spacial score (nSPS) is 10.3. The van der Waals surface area contributed by atoms with Crippen LogP contribution in [0, 0.1) is 0 Å². The van der Waals surface area contributed by atoms with E-state index in [1.165, 1.54) is 0 Å². The van der Waals surface area contributed by atoms with Gasteiger partial charge in [0, 0.05) is 5.56 Å². The molecule has 1 N–H and O–H groups in total. The van der Waals surface area contributed by atoms with Gasteiger partial charge in [-0.05, 0) is 45.8 Å². The monoisotopic (exact) mass is 340 g/mol. The van der Waals surface area contributed by atoms with Crippen molar-refractivity contribution in [1.29, 1.82) is 0 Å². The number of aromatic hydroxyl groups is 1. The number of halogens is 1. The minimum absolute atomic E-state index is 0.216. The van der Waals surface area contributed by atoms with Crippen molar-refractivity contribution in [1.82, 2.24) is 0 Å². The Morgan fingerprint density at radius 3 is 2.05 bits per heavy atom. The van der Waals surface area contributed by atoms with Gasteiger partial charge in [-0.25, -0.2) is 0 Å². The summed E-state index contributed by atoms with van der Waals surface area (Å²) in [5.41, 5.74) is 1.66. The van der Waals surface area contributed by atoms with Crippen LogP contribution in [0.5, 0.6) is 17.2 Å². The van der Waals surface area contributed by atoms with Gasteiger partial charge in [-0.15, -0.1) is 0 Å². The summed E-state index contributed by atoms with van der Waals surface area (Å²) in [6.45, 7) is 0.